The number of amides is 1. The number of halogens is 1. The van der Waals surface area contributed by atoms with Gasteiger partial charge in [0, 0.05) is 5.54 Å². The van der Waals surface area contributed by atoms with Crippen LogP contribution in [0, 0.1) is 0 Å². The first-order valence-electron chi connectivity index (χ1n) is 7.03. The van der Waals surface area contributed by atoms with E-state index < -0.39 is 17.6 Å². The third-order valence-electron chi connectivity index (χ3n) is 2.83. The topological polar surface area (TPSA) is 73.9 Å². The van der Waals surface area contributed by atoms with E-state index in [4.69, 9.17) is 14.2 Å². The van der Waals surface area contributed by atoms with Gasteiger partial charge in [-0.1, -0.05) is 0 Å². The minimum absolute atomic E-state index is 0.234. The molecule has 1 N–H and O–H groups in total. The highest BCUT2D eigenvalue weighted by Gasteiger charge is 2.24. The molecule has 0 saturated carbocycles. The maximum absolute atomic E-state index is 12.2. The van der Waals surface area contributed by atoms with Crippen molar-refractivity contribution in [2.24, 2.45) is 0 Å². The van der Waals surface area contributed by atoms with Crippen LogP contribution in [0.15, 0.2) is 16.6 Å². The molecule has 23 heavy (non-hydrogen) atoms. The number of methoxy groups -OCH3 is 2. The van der Waals surface area contributed by atoms with Gasteiger partial charge in [-0.3, -0.25) is 4.79 Å². The van der Waals surface area contributed by atoms with Gasteiger partial charge < -0.3 is 19.5 Å². The van der Waals surface area contributed by atoms with E-state index in [1.807, 2.05) is 20.8 Å². The highest BCUT2D eigenvalue weighted by molar-refractivity contribution is 9.10. The van der Waals surface area contributed by atoms with Crippen LogP contribution >= 0.6 is 15.9 Å². The lowest BCUT2D eigenvalue weighted by Gasteiger charge is -2.23. The molecule has 7 heteroatoms. The summed E-state index contributed by atoms with van der Waals surface area (Å²) in [5, 5.41) is 2.76. The molecule has 0 radical (unpaired) electrons. The number of esters is 1. The van der Waals surface area contributed by atoms with Crippen LogP contribution in [0.1, 0.15) is 38.1 Å². The number of ether oxygens (including phenoxy) is 3. The molecule has 1 aromatic rings. The summed E-state index contributed by atoms with van der Waals surface area (Å²) in [7, 11) is 2.96. The van der Waals surface area contributed by atoms with Gasteiger partial charge in [-0.05, 0) is 55.8 Å². The number of carbonyl (C=O) groups is 2. The van der Waals surface area contributed by atoms with Crippen LogP contribution in [-0.2, 0) is 9.53 Å². The zero-order valence-corrected chi connectivity index (χ0v) is 15.7. The number of rotatable bonds is 5. The van der Waals surface area contributed by atoms with Gasteiger partial charge in [0.15, 0.2) is 6.10 Å². The monoisotopic (exact) mass is 387 g/mol. The summed E-state index contributed by atoms with van der Waals surface area (Å²) in [4.78, 5) is 24.2. The fourth-order valence-electron chi connectivity index (χ4n) is 1.74. The van der Waals surface area contributed by atoms with Crippen molar-refractivity contribution in [1.82, 2.24) is 5.32 Å². The lowest BCUT2D eigenvalue weighted by Crippen LogP contribution is -2.46. The molecule has 1 atom stereocenters. The van der Waals surface area contributed by atoms with Gasteiger partial charge in [-0.25, -0.2) is 4.79 Å². The van der Waals surface area contributed by atoms with Crippen LogP contribution in [0.25, 0.3) is 0 Å². The van der Waals surface area contributed by atoms with Gasteiger partial charge in [0.1, 0.15) is 16.0 Å². The standard InChI is InChI=1S/C16H22BrNO5/c1-9(14(19)18-16(2,3)4)23-15(20)10-7-11(21-5)13(17)12(8-10)22-6/h7-9H,1-6H3,(H,18,19)/t9-/m1/s1. The maximum Gasteiger partial charge on any atom is 0.339 e. The summed E-state index contributed by atoms with van der Waals surface area (Å²) >= 11 is 3.33. The van der Waals surface area contributed by atoms with Crippen molar-refractivity contribution in [3.8, 4) is 11.5 Å². The summed E-state index contributed by atoms with van der Waals surface area (Å²) in [5.74, 6) is -0.126. The Labute approximate surface area is 144 Å². The maximum atomic E-state index is 12.2. The molecule has 0 aliphatic carbocycles. The number of hydrogen-bond donors (Lipinski definition) is 1. The van der Waals surface area contributed by atoms with Crippen LogP contribution in [0.3, 0.4) is 0 Å². The molecule has 0 bridgehead atoms. The first kappa shape index (κ1) is 19.3. The molecule has 1 amide bonds. The van der Waals surface area contributed by atoms with Gasteiger partial charge in [0.05, 0.1) is 19.8 Å². The Kier molecular flexibility index (Phi) is 6.44. The van der Waals surface area contributed by atoms with Crippen molar-refractivity contribution in [3.63, 3.8) is 0 Å². The third-order valence-corrected chi connectivity index (χ3v) is 3.61. The Morgan fingerprint density at radius 1 is 1.13 bits per heavy atom. The largest absolute Gasteiger partial charge is 0.495 e. The van der Waals surface area contributed by atoms with Crippen molar-refractivity contribution < 1.29 is 23.8 Å². The zero-order chi connectivity index (χ0) is 17.8. The predicted molar refractivity (Wildman–Crippen MR) is 90.0 cm³/mol. The van der Waals surface area contributed by atoms with E-state index in [-0.39, 0.29) is 11.5 Å². The van der Waals surface area contributed by atoms with E-state index in [0.717, 1.165) is 0 Å². The Hall–Kier alpha value is -1.76. The molecular formula is C16H22BrNO5. The number of benzene rings is 1. The van der Waals surface area contributed by atoms with Gasteiger partial charge in [0.2, 0.25) is 0 Å². The van der Waals surface area contributed by atoms with Gasteiger partial charge in [-0.15, -0.1) is 0 Å². The molecule has 0 aromatic heterocycles. The lowest BCUT2D eigenvalue weighted by atomic mass is 10.1. The molecule has 0 spiro atoms. The van der Waals surface area contributed by atoms with Gasteiger partial charge in [0.25, 0.3) is 5.91 Å². The summed E-state index contributed by atoms with van der Waals surface area (Å²) in [6.07, 6.45) is -0.914. The van der Waals surface area contributed by atoms with Crippen LogP contribution in [0.2, 0.25) is 0 Å². The predicted octanol–water partition coefficient (Wildman–Crippen LogP) is 2.93. The molecule has 128 valence electrons. The Balaban J connectivity index is 2.92. The Morgan fingerprint density at radius 2 is 1.61 bits per heavy atom. The average molecular weight is 388 g/mol. The zero-order valence-electron chi connectivity index (χ0n) is 14.2. The normalized spacial score (nSPS) is 12.3. The second kappa shape index (κ2) is 7.68. The van der Waals surface area contributed by atoms with Gasteiger partial charge >= 0.3 is 5.97 Å². The van der Waals surface area contributed by atoms with Crippen LogP contribution in [0.4, 0.5) is 0 Å². The third kappa shape index (κ3) is 5.42. The molecule has 0 saturated heterocycles. The number of nitrogens with one attached hydrogen (secondary N) is 1. The first-order chi connectivity index (χ1) is 10.6. The van der Waals surface area contributed by atoms with E-state index in [1.165, 1.54) is 33.3 Å². The minimum atomic E-state index is -0.914. The molecule has 6 nitrogen and oxygen atoms in total. The summed E-state index contributed by atoms with van der Waals surface area (Å²) in [6, 6.07) is 3.03. The molecule has 0 aliphatic rings. The summed E-state index contributed by atoms with van der Waals surface area (Å²) in [6.45, 7) is 7.07. The first-order valence-corrected chi connectivity index (χ1v) is 7.83. The van der Waals surface area contributed by atoms with Gasteiger partial charge in [-0.2, -0.15) is 0 Å². The van der Waals surface area contributed by atoms with Crippen molar-refractivity contribution in [2.45, 2.75) is 39.3 Å². The Morgan fingerprint density at radius 3 is 2.00 bits per heavy atom. The van der Waals surface area contributed by atoms with E-state index in [0.29, 0.717) is 16.0 Å². The SMILES string of the molecule is COc1cc(C(=O)O[C@H](C)C(=O)NC(C)(C)C)cc(OC)c1Br. The van der Waals surface area contributed by atoms with Crippen LogP contribution in [0.5, 0.6) is 11.5 Å². The molecular weight excluding hydrogens is 366 g/mol. The summed E-state index contributed by atoms with van der Waals surface area (Å²) in [5.41, 5.74) is -0.167. The second-order valence-electron chi connectivity index (χ2n) is 5.98. The van der Waals surface area contributed by atoms with E-state index >= 15 is 0 Å². The highest BCUT2D eigenvalue weighted by Crippen LogP contribution is 2.35. The van der Waals surface area contributed by atoms with E-state index in [9.17, 15) is 9.59 Å². The van der Waals surface area contributed by atoms with Crippen molar-refractivity contribution in [3.05, 3.63) is 22.2 Å². The summed E-state index contributed by atoms with van der Waals surface area (Å²) < 4.78 is 16.2. The average Bonchev–Trinajstić information content (AvgIpc) is 2.45. The molecule has 0 aliphatic heterocycles. The number of hydrogen-bond acceptors (Lipinski definition) is 5. The molecule has 0 unspecified atom stereocenters. The van der Waals surface area contributed by atoms with Crippen molar-refractivity contribution in [1.29, 1.82) is 0 Å². The van der Waals surface area contributed by atoms with E-state index in [1.54, 1.807) is 0 Å². The highest BCUT2D eigenvalue weighted by atomic mass is 79.9. The molecule has 0 fully saturated rings. The van der Waals surface area contributed by atoms with Crippen molar-refractivity contribution >= 4 is 27.8 Å². The Bertz CT molecular complexity index is 570. The molecule has 0 heterocycles. The van der Waals surface area contributed by atoms with E-state index in [2.05, 4.69) is 21.2 Å². The molecule has 1 aromatic carbocycles. The fourth-order valence-corrected chi connectivity index (χ4v) is 2.29. The smallest absolute Gasteiger partial charge is 0.339 e. The lowest BCUT2D eigenvalue weighted by molar-refractivity contribution is -0.130. The quantitative estimate of drug-likeness (QED) is 0.786. The fraction of sp³-hybridized carbons (Fsp3) is 0.500. The second-order valence-corrected chi connectivity index (χ2v) is 6.77. The number of carbonyl (C=O) groups excluding carboxylic acids is 2. The van der Waals surface area contributed by atoms with Crippen molar-refractivity contribution in [2.75, 3.05) is 14.2 Å². The molecule has 1 rings (SSSR count). The minimum Gasteiger partial charge on any atom is -0.495 e. The van der Waals surface area contributed by atoms with Crippen LogP contribution in [-0.4, -0.2) is 37.7 Å². The van der Waals surface area contributed by atoms with Crippen LogP contribution < -0.4 is 14.8 Å².